The highest BCUT2D eigenvalue weighted by atomic mass is 16.2. The van der Waals surface area contributed by atoms with E-state index < -0.39 is 0 Å². The van der Waals surface area contributed by atoms with E-state index in [0.717, 1.165) is 30.9 Å². The molecule has 6 heteroatoms. The third-order valence-electron chi connectivity index (χ3n) is 5.89. The van der Waals surface area contributed by atoms with Gasteiger partial charge in [-0.25, -0.2) is 4.68 Å². The molecule has 3 aromatic rings. The Morgan fingerprint density at radius 1 is 1.03 bits per heavy atom. The van der Waals surface area contributed by atoms with Gasteiger partial charge in [-0.2, -0.15) is 0 Å². The third-order valence-corrected chi connectivity index (χ3v) is 5.89. The van der Waals surface area contributed by atoms with Gasteiger partial charge in [0.15, 0.2) is 0 Å². The molecule has 6 nitrogen and oxygen atoms in total. The van der Waals surface area contributed by atoms with Gasteiger partial charge in [-0.3, -0.25) is 19.2 Å². The van der Waals surface area contributed by atoms with Crippen LogP contribution in [0.4, 0.5) is 5.69 Å². The Kier molecular flexibility index (Phi) is 5.11. The number of carbonyl (C=O) groups excluding carboxylic acids is 1. The molecule has 2 aromatic carbocycles. The van der Waals surface area contributed by atoms with Crippen molar-refractivity contribution in [2.24, 2.45) is 7.05 Å². The Balaban J connectivity index is 1.55. The quantitative estimate of drug-likeness (QED) is 0.745. The number of rotatable bonds is 4. The summed E-state index contributed by atoms with van der Waals surface area (Å²) in [6, 6.07) is 17.5. The summed E-state index contributed by atoms with van der Waals surface area (Å²) in [5.41, 5.74) is 4.22. The fourth-order valence-electron chi connectivity index (χ4n) is 3.95. The van der Waals surface area contributed by atoms with Crippen LogP contribution in [-0.2, 0) is 24.8 Å². The molecule has 0 saturated carbocycles. The average molecular weight is 390 g/mol. The normalized spacial score (nSPS) is 15.0. The fourth-order valence-corrected chi connectivity index (χ4v) is 3.95. The average Bonchev–Trinajstić information content (AvgIpc) is 2.96. The number of hydrogen-bond acceptors (Lipinski definition) is 3. The van der Waals surface area contributed by atoms with Gasteiger partial charge in [0, 0.05) is 20.1 Å². The molecule has 0 aliphatic carbocycles. The Hall–Kier alpha value is -3.12. The minimum Gasteiger partial charge on any atom is -0.319 e. The smallest absolute Gasteiger partial charge is 0.295 e. The molecule has 1 aromatic heterocycles. The Bertz CT molecular complexity index is 1100. The van der Waals surface area contributed by atoms with Crippen LogP contribution in [0, 0.1) is 6.92 Å². The van der Waals surface area contributed by atoms with E-state index in [9.17, 15) is 9.59 Å². The van der Waals surface area contributed by atoms with E-state index >= 15 is 0 Å². The van der Waals surface area contributed by atoms with E-state index in [1.54, 1.807) is 9.36 Å². The molecular weight excluding hydrogens is 364 g/mol. The topological polar surface area (TPSA) is 59.3 Å². The number of benzene rings is 2. The summed E-state index contributed by atoms with van der Waals surface area (Å²) in [5, 5.41) is 2.90. The van der Waals surface area contributed by atoms with Crippen molar-refractivity contribution in [3.63, 3.8) is 0 Å². The monoisotopic (exact) mass is 390 g/mol. The SMILES string of the molecule is Cc1c(NC(=O)C(C)N2CCc3ccccc3C2)c(=O)n(-c2ccccc2)n1C. The summed E-state index contributed by atoms with van der Waals surface area (Å²) in [4.78, 5) is 28.2. The summed E-state index contributed by atoms with van der Waals surface area (Å²) >= 11 is 0. The van der Waals surface area contributed by atoms with Gasteiger partial charge < -0.3 is 5.32 Å². The Labute approximate surface area is 170 Å². The number of nitrogens with zero attached hydrogens (tertiary/aromatic N) is 3. The molecule has 1 aliphatic rings. The van der Waals surface area contributed by atoms with Crippen molar-refractivity contribution in [2.45, 2.75) is 32.9 Å². The highest BCUT2D eigenvalue weighted by Crippen LogP contribution is 2.21. The van der Waals surface area contributed by atoms with Crippen molar-refractivity contribution in [1.29, 1.82) is 0 Å². The maximum absolute atomic E-state index is 13.0. The van der Waals surface area contributed by atoms with E-state index in [2.05, 4.69) is 28.4 Å². The van der Waals surface area contributed by atoms with Crippen molar-refractivity contribution < 1.29 is 4.79 Å². The van der Waals surface area contributed by atoms with Crippen LogP contribution in [0.1, 0.15) is 23.7 Å². The predicted octanol–water partition coefficient (Wildman–Crippen LogP) is 2.87. The van der Waals surface area contributed by atoms with Crippen LogP contribution in [0.25, 0.3) is 5.69 Å². The maximum Gasteiger partial charge on any atom is 0.295 e. The van der Waals surface area contributed by atoms with Crippen LogP contribution in [0.15, 0.2) is 59.4 Å². The molecule has 150 valence electrons. The summed E-state index contributed by atoms with van der Waals surface area (Å²) in [6.45, 7) is 5.32. The molecule has 0 radical (unpaired) electrons. The van der Waals surface area contributed by atoms with E-state index in [-0.39, 0.29) is 17.5 Å². The van der Waals surface area contributed by atoms with Crippen LogP contribution in [0.5, 0.6) is 0 Å². The third kappa shape index (κ3) is 3.51. The van der Waals surface area contributed by atoms with Crippen molar-refractivity contribution in [3.8, 4) is 5.69 Å². The molecule has 1 amide bonds. The molecule has 29 heavy (non-hydrogen) atoms. The zero-order valence-electron chi connectivity index (χ0n) is 17.1. The second kappa shape index (κ2) is 7.72. The van der Waals surface area contributed by atoms with E-state index in [1.165, 1.54) is 11.1 Å². The summed E-state index contributed by atoms with van der Waals surface area (Å²) in [7, 11) is 1.82. The lowest BCUT2D eigenvalue weighted by atomic mass is 9.99. The molecular formula is C23H26N4O2. The number of carbonyl (C=O) groups is 1. The van der Waals surface area contributed by atoms with Crippen molar-refractivity contribution >= 4 is 11.6 Å². The van der Waals surface area contributed by atoms with Crippen LogP contribution in [0.3, 0.4) is 0 Å². The van der Waals surface area contributed by atoms with Crippen molar-refractivity contribution in [2.75, 3.05) is 11.9 Å². The number of para-hydroxylation sites is 1. The second-order valence-corrected chi connectivity index (χ2v) is 7.59. The second-order valence-electron chi connectivity index (χ2n) is 7.59. The maximum atomic E-state index is 13.0. The minimum atomic E-state index is -0.326. The molecule has 1 unspecified atom stereocenters. The highest BCUT2D eigenvalue weighted by molar-refractivity contribution is 5.95. The van der Waals surface area contributed by atoms with Gasteiger partial charge in [-0.15, -0.1) is 0 Å². The van der Waals surface area contributed by atoms with Crippen LogP contribution in [-0.4, -0.2) is 32.8 Å². The van der Waals surface area contributed by atoms with Gasteiger partial charge in [0.05, 0.1) is 17.4 Å². The van der Waals surface area contributed by atoms with Gasteiger partial charge in [-0.05, 0) is 43.5 Å². The van der Waals surface area contributed by atoms with Gasteiger partial charge in [-0.1, -0.05) is 42.5 Å². The number of aromatic nitrogens is 2. The Morgan fingerprint density at radius 3 is 2.41 bits per heavy atom. The highest BCUT2D eigenvalue weighted by Gasteiger charge is 2.27. The minimum absolute atomic E-state index is 0.157. The van der Waals surface area contributed by atoms with Gasteiger partial charge in [0.1, 0.15) is 5.69 Å². The lowest BCUT2D eigenvalue weighted by Gasteiger charge is -2.32. The summed E-state index contributed by atoms with van der Waals surface area (Å²) in [6.07, 6.45) is 0.930. The van der Waals surface area contributed by atoms with Crippen LogP contribution >= 0.6 is 0 Å². The molecule has 0 spiro atoms. The summed E-state index contributed by atoms with van der Waals surface area (Å²) in [5.74, 6) is -0.157. The summed E-state index contributed by atoms with van der Waals surface area (Å²) < 4.78 is 3.35. The first-order valence-corrected chi connectivity index (χ1v) is 9.93. The molecule has 0 saturated heterocycles. The zero-order chi connectivity index (χ0) is 20.5. The lowest BCUT2D eigenvalue weighted by molar-refractivity contribution is -0.121. The number of amides is 1. The van der Waals surface area contributed by atoms with Gasteiger partial charge in [0.2, 0.25) is 5.91 Å². The van der Waals surface area contributed by atoms with Crippen LogP contribution < -0.4 is 10.9 Å². The number of anilines is 1. The molecule has 1 N–H and O–H groups in total. The molecule has 4 rings (SSSR count). The van der Waals surface area contributed by atoms with E-state index in [1.807, 2.05) is 57.3 Å². The molecule has 2 heterocycles. The predicted molar refractivity (Wildman–Crippen MR) is 114 cm³/mol. The zero-order valence-corrected chi connectivity index (χ0v) is 17.1. The van der Waals surface area contributed by atoms with E-state index in [0.29, 0.717) is 5.69 Å². The number of nitrogens with one attached hydrogen (secondary N) is 1. The van der Waals surface area contributed by atoms with Crippen LogP contribution in [0.2, 0.25) is 0 Å². The molecule has 1 atom stereocenters. The van der Waals surface area contributed by atoms with Gasteiger partial charge in [0.25, 0.3) is 5.56 Å². The largest absolute Gasteiger partial charge is 0.319 e. The molecule has 0 bridgehead atoms. The fraction of sp³-hybridized carbons (Fsp3) is 0.304. The number of hydrogen-bond donors (Lipinski definition) is 1. The molecule has 1 aliphatic heterocycles. The first kappa shape index (κ1) is 19.2. The number of fused-ring (bicyclic) bond motifs is 1. The lowest BCUT2D eigenvalue weighted by Crippen LogP contribution is -2.45. The first-order valence-electron chi connectivity index (χ1n) is 9.93. The van der Waals surface area contributed by atoms with E-state index in [4.69, 9.17) is 0 Å². The van der Waals surface area contributed by atoms with Gasteiger partial charge >= 0.3 is 0 Å². The van der Waals surface area contributed by atoms with Crippen molar-refractivity contribution in [1.82, 2.24) is 14.3 Å². The standard InChI is InChI=1S/C23H26N4O2/c1-16-21(23(29)27(25(16)3)20-11-5-4-6-12-20)24-22(28)17(2)26-14-13-18-9-7-8-10-19(18)15-26/h4-12,17H,13-15H2,1-3H3,(H,24,28). The van der Waals surface area contributed by atoms with Crippen molar-refractivity contribution in [3.05, 3.63) is 81.8 Å². The Morgan fingerprint density at radius 2 is 1.69 bits per heavy atom. The first-order chi connectivity index (χ1) is 14.0. The molecule has 0 fully saturated rings.